The smallest absolute Gasteiger partial charge is 0.270 e. The van der Waals surface area contributed by atoms with E-state index >= 15 is 0 Å². The van der Waals surface area contributed by atoms with Crippen LogP contribution in [0.1, 0.15) is 49.7 Å². The lowest BCUT2D eigenvalue weighted by molar-refractivity contribution is -0.184. The van der Waals surface area contributed by atoms with Crippen LogP contribution in [0.3, 0.4) is 0 Å². The van der Waals surface area contributed by atoms with Crippen LogP contribution in [0.4, 0.5) is 0 Å². The lowest BCUT2D eigenvalue weighted by Gasteiger charge is -2.47. The zero-order valence-electron chi connectivity index (χ0n) is 22.1. The first-order chi connectivity index (χ1) is 18.2. The third-order valence-corrected chi connectivity index (χ3v) is 7.94. The molecule has 0 aliphatic carbocycles. The van der Waals surface area contributed by atoms with E-state index in [0.717, 1.165) is 28.9 Å². The summed E-state index contributed by atoms with van der Waals surface area (Å²) in [4.78, 5) is 43.5. The van der Waals surface area contributed by atoms with Crippen molar-refractivity contribution in [1.29, 1.82) is 0 Å². The molecule has 3 amide bonds. The SMILES string of the molecule is Cl.NC(=O)C1(O)CCCCN1C(=O)[C@@H](Cc1ccccc1)[C@@](N)(Cc1ccccc1)C(=O)N1CCCCC1O. The topological polar surface area (TPSA) is 150 Å². The van der Waals surface area contributed by atoms with Gasteiger partial charge < -0.3 is 31.5 Å². The second kappa shape index (κ2) is 12.9. The number of hydrogen-bond acceptors (Lipinski definition) is 6. The summed E-state index contributed by atoms with van der Waals surface area (Å²) >= 11 is 0. The fraction of sp³-hybridized carbons (Fsp3) is 0.483. The van der Waals surface area contributed by atoms with Crippen molar-refractivity contribution in [2.24, 2.45) is 17.4 Å². The molecule has 0 bridgehead atoms. The molecule has 39 heavy (non-hydrogen) atoms. The zero-order valence-corrected chi connectivity index (χ0v) is 22.9. The van der Waals surface area contributed by atoms with Crippen LogP contribution in [-0.4, -0.2) is 68.3 Å². The molecule has 9 nitrogen and oxygen atoms in total. The van der Waals surface area contributed by atoms with Crippen LogP contribution in [-0.2, 0) is 27.2 Å². The molecule has 10 heteroatoms. The standard InChI is InChI=1S/C29H38N4O5.ClH/c30-26(36)29(38)16-8-10-18-33(29)25(35)23(19-21-11-3-1-4-12-21)28(31,20-22-13-5-2-6-14-22)27(37)32-17-9-7-15-24(32)34;/h1-6,11-14,23-24,34,38H,7-10,15-20,31H2,(H2,30,36);1H/t23-,24?,28+,29?;/m1./s1. The lowest BCUT2D eigenvalue weighted by Crippen LogP contribution is -2.70. The molecule has 6 N–H and O–H groups in total. The van der Waals surface area contributed by atoms with Crippen LogP contribution in [0.5, 0.6) is 0 Å². The number of carbonyl (C=O) groups is 3. The molecule has 2 saturated heterocycles. The third-order valence-electron chi connectivity index (χ3n) is 7.94. The van der Waals surface area contributed by atoms with Gasteiger partial charge in [-0.3, -0.25) is 14.4 Å². The second-order valence-electron chi connectivity index (χ2n) is 10.5. The molecular formula is C29H39ClN4O5. The van der Waals surface area contributed by atoms with Crippen molar-refractivity contribution >= 4 is 30.1 Å². The number of amides is 3. The van der Waals surface area contributed by atoms with Gasteiger partial charge in [0.25, 0.3) is 5.91 Å². The van der Waals surface area contributed by atoms with Crippen molar-refractivity contribution in [3.63, 3.8) is 0 Å². The summed E-state index contributed by atoms with van der Waals surface area (Å²) in [6.45, 7) is 0.445. The highest BCUT2D eigenvalue weighted by atomic mass is 35.5. The Balaban J connectivity index is 0.00000420. The molecule has 2 aromatic carbocycles. The van der Waals surface area contributed by atoms with Crippen molar-refractivity contribution in [3.8, 4) is 0 Å². The molecule has 0 spiro atoms. The summed E-state index contributed by atoms with van der Waals surface area (Å²) in [7, 11) is 0. The van der Waals surface area contributed by atoms with E-state index in [1.807, 2.05) is 60.7 Å². The summed E-state index contributed by atoms with van der Waals surface area (Å²) in [6.07, 6.45) is 2.19. The Bertz CT molecular complexity index is 1140. The molecule has 4 rings (SSSR count). The Morgan fingerprint density at radius 1 is 0.949 bits per heavy atom. The van der Waals surface area contributed by atoms with Gasteiger partial charge in [0.1, 0.15) is 11.8 Å². The van der Waals surface area contributed by atoms with E-state index in [1.54, 1.807) is 0 Å². The quantitative estimate of drug-likeness (QED) is 0.387. The third kappa shape index (κ3) is 6.44. The van der Waals surface area contributed by atoms with E-state index in [2.05, 4.69) is 0 Å². The van der Waals surface area contributed by atoms with Crippen LogP contribution in [0.25, 0.3) is 0 Å². The number of rotatable bonds is 8. The van der Waals surface area contributed by atoms with Crippen LogP contribution >= 0.6 is 12.4 Å². The average Bonchev–Trinajstić information content (AvgIpc) is 2.92. The van der Waals surface area contributed by atoms with E-state index in [0.29, 0.717) is 25.8 Å². The summed E-state index contributed by atoms with van der Waals surface area (Å²) in [5, 5.41) is 22.0. The normalized spacial score (nSPS) is 23.7. The number of nitrogens with zero attached hydrogens (tertiary/aromatic N) is 2. The van der Waals surface area contributed by atoms with Gasteiger partial charge in [0, 0.05) is 25.9 Å². The minimum Gasteiger partial charge on any atom is -0.374 e. The van der Waals surface area contributed by atoms with Crippen molar-refractivity contribution in [1.82, 2.24) is 9.80 Å². The minimum atomic E-state index is -2.16. The van der Waals surface area contributed by atoms with E-state index in [-0.39, 0.29) is 38.2 Å². The maximum atomic E-state index is 14.4. The fourth-order valence-electron chi connectivity index (χ4n) is 5.74. The molecule has 2 fully saturated rings. The number of nitrogens with two attached hydrogens (primary N) is 2. The molecule has 2 unspecified atom stereocenters. The average molecular weight is 559 g/mol. The fourth-order valence-corrected chi connectivity index (χ4v) is 5.74. The summed E-state index contributed by atoms with van der Waals surface area (Å²) in [5.74, 6) is -3.28. The van der Waals surface area contributed by atoms with Gasteiger partial charge in [0.05, 0.1) is 5.92 Å². The summed E-state index contributed by atoms with van der Waals surface area (Å²) in [6, 6.07) is 18.4. The number of likely N-dealkylation sites (tertiary alicyclic amines) is 2. The Kier molecular flexibility index (Phi) is 10.1. The van der Waals surface area contributed by atoms with Gasteiger partial charge in [-0.05, 0) is 49.7 Å². The van der Waals surface area contributed by atoms with E-state index in [4.69, 9.17) is 11.5 Å². The van der Waals surface area contributed by atoms with Gasteiger partial charge >= 0.3 is 0 Å². The van der Waals surface area contributed by atoms with Gasteiger partial charge in [-0.15, -0.1) is 12.4 Å². The van der Waals surface area contributed by atoms with Crippen LogP contribution < -0.4 is 11.5 Å². The highest BCUT2D eigenvalue weighted by Gasteiger charge is 2.54. The van der Waals surface area contributed by atoms with Crippen LogP contribution in [0.15, 0.2) is 60.7 Å². The predicted octanol–water partition coefficient (Wildman–Crippen LogP) is 1.72. The Labute approximate surface area is 235 Å². The van der Waals surface area contributed by atoms with Crippen LogP contribution in [0.2, 0.25) is 0 Å². The van der Waals surface area contributed by atoms with E-state index < -0.39 is 41.1 Å². The molecule has 4 atom stereocenters. The van der Waals surface area contributed by atoms with Crippen LogP contribution in [0, 0.1) is 5.92 Å². The number of carbonyl (C=O) groups excluding carboxylic acids is 3. The molecule has 0 aromatic heterocycles. The van der Waals surface area contributed by atoms with Gasteiger partial charge in [0.2, 0.25) is 17.5 Å². The lowest BCUT2D eigenvalue weighted by atomic mass is 9.73. The Hall–Kier alpha value is -2.98. The molecule has 2 aliphatic heterocycles. The number of primary amides is 1. The first-order valence-electron chi connectivity index (χ1n) is 13.4. The van der Waals surface area contributed by atoms with E-state index in [1.165, 1.54) is 4.90 Å². The number of aliphatic hydroxyl groups excluding tert-OH is 1. The molecule has 2 heterocycles. The monoisotopic (exact) mass is 558 g/mol. The zero-order chi connectivity index (χ0) is 27.3. The first kappa shape index (κ1) is 30.6. The number of piperidine rings is 2. The highest BCUT2D eigenvalue weighted by molar-refractivity contribution is 5.96. The number of halogens is 1. The van der Waals surface area contributed by atoms with Crippen molar-refractivity contribution in [2.75, 3.05) is 13.1 Å². The molecular weight excluding hydrogens is 520 g/mol. The number of hydrogen-bond donors (Lipinski definition) is 4. The largest absolute Gasteiger partial charge is 0.374 e. The molecule has 212 valence electrons. The maximum Gasteiger partial charge on any atom is 0.270 e. The summed E-state index contributed by atoms with van der Waals surface area (Å²) < 4.78 is 0. The molecule has 2 aliphatic rings. The Morgan fingerprint density at radius 3 is 2.13 bits per heavy atom. The van der Waals surface area contributed by atoms with Gasteiger partial charge in [-0.2, -0.15) is 0 Å². The molecule has 2 aromatic rings. The predicted molar refractivity (Wildman–Crippen MR) is 149 cm³/mol. The van der Waals surface area contributed by atoms with Gasteiger partial charge in [-0.1, -0.05) is 60.7 Å². The maximum absolute atomic E-state index is 14.4. The highest BCUT2D eigenvalue weighted by Crippen LogP contribution is 2.34. The number of aliphatic hydroxyl groups is 2. The first-order valence-corrected chi connectivity index (χ1v) is 13.4. The summed E-state index contributed by atoms with van der Waals surface area (Å²) in [5.41, 5.74) is 10.3. The van der Waals surface area contributed by atoms with Crippen molar-refractivity contribution in [2.45, 2.75) is 68.9 Å². The second-order valence-corrected chi connectivity index (χ2v) is 10.5. The number of benzene rings is 2. The van der Waals surface area contributed by atoms with Gasteiger partial charge in [-0.25, -0.2) is 0 Å². The minimum absolute atomic E-state index is 0. The molecule has 0 saturated carbocycles. The van der Waals surface area contributed by atoms with Crippen molar-refractivity contribution < 1.29 is 24.6 Å². The Morgan fingerprint density at radius 2 is 1.54 bits per heavy atom. The van der Waals surface area contributed by atoms with Gasteiger partial charge in [0.15, 0.2) is 0 Å². The van der Waals surface area contributed by atoms with E-state index in [9.17, 15) is 24.6 Å². The molecule has 0 radical (unpaired) electrons. The van der Waals surface area contributed by atoms with Crippen molar-refractivity contribution in [3.05, 3.63) is 71.8 Å².